The number of aliphatic hydroxyl groups is 1. The smallest absolute Gasteiger partial charge is 0.748 e. The van der Waals surface area contributed by atoms with Gasteiger partial charge in [0.15, 0.2) is 0 Å². The second kappa shape index (κ2) is 25.1. The van der Waals surface area contributed by atoms with Crippen LogP contribution in [0.4, 0.5) is 0 Å². The van der Waals surface area contributed by atoms with Crippen LogP contribution in [-0.4, -0.2) is 29.9 Å². The molecule has 6 heteroatoms. The van der Waals surface area contributed by atoms with E-state index in [9.17, 15) is 18.1 Å². The van der Waals surface area contributed by atoms with Crippen LogP contribution < -0.4 is 51.4 Å². The van der Waals surface area contributed by atoms with Crippen molar-refractivity contribution in [3.05, 3.63) is 0 Å². The van der Waals surface area contributed by atoms with E-state index in [-0.39, 0.29) is 63.2 Å². The number of aliphatic hydroxyl groups excluding tert-OH is 1. The van der Waals surface area contributed by atoms with Gasteiger partial charge in [-0.25, -0.2) is 8.42 Å². The summed E-state index contributed by atoms with van der Waals surface area (Å²) < 4.78 is 31.5. The van der Waals surface area contributed by atoms with Gasteiger partial charge < -0.3 is 9.66 Å². The van der Waals surface area contributed by atoms with Gasteiger partial charge in [-0.15, -0.1) is 0 Å². The minimum atomic E-state index is -4.01. The Morgan fingerprint density at radius 3 is 1.03 bits per heavy atom. The SMILES string of the molecule is CC(O)CCCCCCCCCCCCCCCCCCCCCCS(=O)(=O)[O-].[K+]. The molecule has 0 saturated heterocycles. The Labute approximate surface area is 230 Å². The van der Waals surface area contributed by atoms with Crippen molar-refractivity contribution in [2.24, 2.45) is 0 Å². The van der Waals surface area contributed by atoms with Gasteiger partial charge in [-0.05, 0) is 19.8 Å². The van der Waals surface area contributed by atoms with Crippen molar-refractivity contribution in [3.8, 4) is 0 Å². The van der Waals surface area contributed by atoms with Gasteiger partial charge in [0, 0.05) is 5.75 Å². The van der Waals surface area contributed by atoms with Crippen molar-refractivity contribution in [2.45, 2.75) is 148 Å². The van der Waals surface area contributed by atoms with Crippen molar-refractivity contribution >= 4 is 10.1 Å². The summed E-state index contributed by atoms with van der Waals surface area (Å²) in [6.45, 7) is 1.88. The molecule has 0 aromatic carbocycles. The first-order valence-electron chi connectivity index (χ1n) is 12.5. The molecule has 0 bridgehead atoms. The summed E-state index contributed by atoms with van der Waals surface area (Å²) in [5, 5.41) is 9.21. The average molecular weight is 473 g/mol. The molecule has 0 radical (unpaired) electrons. The Hall–Kier alpha value is 1.51. The van der Waals surface area contributed by atoms with Crippen molar-refractivity contribution in [2.75, 3.05) is 5.75 Å². The third-order valence-electron chi connectivity index (χ3n) is 5.77. The predicted octanol–water partition coefficient (Wildman–Crippen LogP) is 4.11. The molecule has 0 saturated carbocycles. The van der Waals surface area contributed by atoms with Crippen LogP contribution in [0.1, 0.15) is 142 Å². The van der Waals surface area contributed by atoms with Gasteiger partial charge in [0.25, 0.3) is 0 Å². The monoisotopic (exact) mass is 472 g/mol. The zero-order valence-corrected chi connectivity index (χ0v) is 24.2. The first-order valence-corrected chi connectivity index (χ1v) is 14.1. The third kappa shape index (κ3) is 31.7. The van der Waals surface area contributed by atoms with E-state index in [1.54, 1.807) is 0 Å². The molecule has 30 heavy (non-hydrogen) atoms. The Bertz CT molecular complexity index is 427. The predicted molar refractivity (Wildman–Crippen MR) is 123 cm³/mol. The maximum Gasteiger partial charge on any atom is 1.00 e. The third-order valence-corrected chi connectivity index (χ3v) is 6.55. The van der Waals surface area contributed by atoms with Gasteiger partial charge in [0.05, 0.1) is 16.2 Å². The molecule has 0 aliphatic rings. The summed E-state index contributed by atoms with van der Waals surface area (Å²) in [6, 6.07) is 0. The maximum atomic E-state index is 10.5. The van der Waals surface area contributed by atoms with Gasteiger partial charge >= 0.3 is 51.4 Å². The van der Waals surface area contributed by atoms with Crippen LogP contribution in [0.3, 0.4) is 0 Å². The van der Waals surface area contributed by atoms with Crippen LogP contribution in [-0.2, 0) is 10.1 Å². The molecule has 0 aliphatic carbocycles. The molecule has 0 aliphatic heterocycles. The quantitative estimate of drug-likeness (QED) is 0.138. The van der Waals surface area contributed by atoms with Crippen LogP contribution in [0.25, 0.3) is 0 Å². The van der Waals surface area contributed by atoms with Gasteiger partial charge in [0.1, 0.15) is 0 Å². The molecule has 0 spiro atoms. The molecular weight excluding hydrogens is 423 g/mol. The molecule has 1 atom stereocenters. The van der Waals surface area contributed by atoms with Gasteiger partial charge in [-0.3, -0.25) is 0 Å². The molecule has 176 valence electrons. The number of unbranched alkanes of at least 4 members (excludes halogenated alkanes) is 19. The molecule has 0 heterocycles. The Morgan fingerprint density at radius 1 is 0.567 bits per heavy atom. The zero-order chi connectivity index (χ0) is 21.6. The fourth-order valence-electron chi connectivity index (χ4n) is 3.90. The molecule has 0 aromatic heterocycles. The molecular formula is C24H49KO4S. The first-order chi connectivity index (χ1) is 13.9. The summed E-state index contributed by atoms with van der Waals surface area (Å²) in [6.07, 6.45) is 25.9. The minimum absolute atomic E-state index is 0. The Morgan fingerprint density at radius 2 is 0.800 bits per heavy atom. The van der Waals surface area contributed by atoms with Gasteiger partial charge in [-0.2, -0.15) is 0 Å². The molecule has 1 N–H and O–H groups in total. The second-order valence-electron chi connectivity index (χ2n) is 8.97. The van der Waals surface area contributed by atoms with E-state index in [1.807, 2.05) is 6.92 Å². The Kier molecular flexibility index (Phi) is 28.2. The fraction of sp³-hybridized carbons (Fsp3) is 1.00. The molecule has 0 amide bonds. The summed E-state index contributed by atoms with van der Waals surface area (Å²) in [5.74, 6) is -0.196. The van der Waals surface area contributed by atoms with E-state index < -0.39 is 10.1 Å². The van der Waals surface area contributed by atoms with E-state index in [4.69, 9.17) is 0 Å². The van der Waals surface area contributed by atoms with Crippen molar-refractivity contribution in [1.82, 2.24) is 0 Å². The van der Waals surface area contributed by atoms with E-state index in [2.05, 4.69) is 0 Å². The van der Waals surface area contributed by atoms with Gasteiger partial charge in [0.2, 0.25) is 0 Å². The zero-order valence-electron chi connectivity index (χ0n) is 20.2. The number of hydrogen-bond donors (Lipinski definition) is 1. The van der Waals surface area contributed by atoms with Crippen LogP contribution in [0, 0.1) is 0 Å². The summed E-state index contributed by atoms with van der Waals surface area (Å²) in [4.78, 5) is 0. The summed E-state index contributed by atoms with van der Waals surface area (Å²) in [7, 11) is -4.01. The Balaban J connectivity index is 0. The normalized spacial score (nSPS) is 12.6. The topological polar surface area (TPSA) is 77.4 Å². The molecule has 0 aromatic rings. The van der Waals surface area contributed by atoms with Crippen molar-refractivity contribution in [1.29, 1.82) is 0 Å². The maximum absolute atomic E-state index is 10.5. The van der Waals surface area contributed by atoms with E-state index >= 15 is 0 Å². The summed E-state index contributed by atoms with van der Waals surface area (Å²) >= 11 is 0. The fourth-order valence-corrected chi connectivity index (χ4v) is 4.46. The van der Waals surface area contributed by atoms with Crippen LogP contribution >= 0.6 is 0 Å². The van der Waals surface area contributed by atoms with Crippen molar-refractivity contribution in [3.63, 3.8) is 0 Å². The second-order valence-corrected chi connectivity index (χ2v) is 10.5. The number of rotatable bonds is 23. The molecule has 0 rings (SSSR count). The minimum Gasteiger partial charge on any atom is -0.748 e. The van der Waals surface area contributed by atoms with E-state index in [1.165, 1.54) is 109 Å². The van der Waals surface area contributed by atoms with Gasteiger partial charge in [-0.1, -0.05) is 122 Å². The van der Waals surface area contributed by atoms with Crippen LogP contribution in [0.15, 0.2) is 0 Å². The molecule has 4 nitrogen and oxygen atoms in total. The first kappa shape index (κ1) is 33.7. The number of hydrogen-bond acceptors (Lipinski definition) is 4. The van der Waals surface area contributed by atoms with Crippen LogP contribution in [0.5, 0.6) is 0 Å². The van der Waals surface area contributed by atoms with E-state index in [0.29, 0.717) is 6.42 Å². The van der Waals surface area contributed by atoms with E-state index in [0.717, 1.165) is 19.3 Å². The average Bonchev–Trinajstić information content (AvgIpc) is 2.64. The van der Waals surface area contributed by atoms with Crippen LogP contribution in [0.2, 0.25) is 0 Å². The molecule has 0 fully saturated rings. The molecule has 1 unspecified atom stereocenters. The largest absolute Gasteiger partial charge is 1.00 e. The standard InChI is InChI=1S/C24H50O4S.K/c1-24(25)22-20-18-16-14-12-10-8-6-4-2-3-5-7-9-11-13-15-17-19-21-23-29(26,27)28;/h24-25H,2-23H2,1H3,(H,26,27,28);/q;+1/p-1. The van der Waals surface area contributed by atoms with Crippen molar-refractivity contribution < 1.29 is 69.5 Å². The summed E-state index contributed by atoms with van der Waals surface area (Å²) in [5.41, 5.74) is 0.